The second-order valence-electron chi connectivity index (χ2n) is 7.12. The van der Waals surface area contributed by atoms with Crippen LogP contribution in [0.3, 0.4) is 0 Å². The summed E-state index contributed by atoms with van der Waals surface area (Å²) in [4.78, 5) is 23.5. The van der Waals surface area contributed by atoms with Crippen molar-refractivity contribution in [3.63, 3.8) is 0 Å². The standard InChI is InChI=1S/C19H22N4O3S/c1-13-20-16(19(24)22-15-8-10-27(25,26)12-15)11-18(21-13)23-9-4-6-14-5-2-3-7-17(14)23/h2-3,5,7,11,15H,4,6,8-10,12H2,1H3,(H,22,24). The van der Waals surface area contributed by atoms with E-state index >= 15 is 0 Å². The van der Waals surface area contributed by atoms with Crippen molar-refractivity contribution in [3.8, 4) is 0 Å². The fraction of sp³-hybridized carbons (Fsp3) is 0.421. The van der Waals surface area contributed by atoms with E-state index in [4.69, 9.17) is 0 Å². The number of carbonyl (C=O) groups excluding carboxylic acids is 1. The van der Waals surface area contributed by atoms with Gasteiger partial charge in [-0.05, 0) is 37.8 Å². The highest BCUT2D eigenvalue weighted by Crippen LogP contribution is 2.32. The predicted molar refractivity (Wildman–Crippen MR) is 103 cm³/mol. The van der Waals surface area contributed by atoms with Crippen LogP contribution in [0.4, 0.5) is 11.5 Å². The second kappa shape index (κ2) is 6.92. The number of benzene rings is 1. The summed E-state index contributed by atoms with van der Waals surface area (Å²) in [5, 5.41) is 2.80. The normalized spacial score (nSPS) is 20.9. The third-order valence-electron chi connectivity index (χ3n) is 5.01. The average Bonchev–Trinajstić information content (AvgIpc) is 2.99. The number of aryl methyl sites for hydroxylation is 2. The van der Waals surface area contributed by atoms with E-state index in [1.807, 2.05) is 12.1 Å². The second-order valence-corrected chi connectivity index (χ2v) is 9.34. The molecule has 1 atom stereocenters. The average molecular weight is 386 g/mol. The van der Waals surface area contributed by atoms with Crippen molar-refractivity contribution in [2.45, 2.75) is 32.2 Å². The Balaban J connectivity index is 1.60. The monoisotopic (exact) mass is 386 g/mol. The molecular weight excluding hydrogens is 364 g/mol. The van der Waals surface area contributed by atoms with Crippen LogP contribution in [0.25, 0.3) is 0 Å². The summed E-state index contributed by atoms with van der Waals surface area (Å²) in [6.45, 7) is 2.59. The molecule has 142 valence electrons. The minimum atomic E-state index is -3.05. The smallest absolute Gasteiger partial charge is 0.270 e. The van der Waals surface area contributed by atoms with Crippen LogP contribution in [0, 0.1) is 6.92 Å². The fourth-order valence-electron chi connectivity index (χ4n) is 3.75. The Morgan fingerprint density at radius 3 is 2.85 bits per heavy atom. The van der Waals surface area contributed by atoms with Gasteiger partial charge < -0.3 is 10.2 Å². The van der Waals surface area contributed by atoms with Crippen molar-refractivity contribution in [2.75, 3.05) is 23.0 Å². The number of para-hydroxylation sites is 1. The largest absolute Gasteiger partial charge is 0.347 e. The van der Waals surface area contributed by atoms with Gasteiger partial charge in [0.1, 0.15) is 17.3 Å². The maximum atomic E-state index is 12.6. The molecule has 0 radical (unpaired) electrons. The van der Waals surface area contributed by atoms with Crippen LogP contribution in [0.5, 0.6) is 0 Å². The van der Waals surface area contributed by atoms with Gasteiger partial charge in [-0.2, -0.15) is 0 Å². The first-order valence-corrected chi connectivity index (χ1v) is 11.0. The minimum Gasteiger partial charge on any atom is -0.347 e. The van der Waals surface area contributed by atoms with Crippen LogP contribution in [-0.4, -0.2) is 48.4 Å². The van der Waals surface area contributed by atoms with E-state index < -0.39 is 9.84 Å². The maximum absolute atomic E-state index is 12.6. The van der Waals surface area contributed by atoms with Crippen molar-refractivity contribution in [1.82, 2.24) is 15.3 Å². The summed E-state index contributed by atoms with van der Waals surface area (Å²) >= 11 is 0. The van der Waals surface area contributed by atoms with Gasteiger partial charge in [0.2, 0.25) is 0 Å². The SMILES string of the molecule is Cc1nc(C(=O)NC2CCS(=O)(=O)C2)cc(N2CCCc3ccccc32)n1. The number of nitrogens with zero attached hydrogens (tertiary/aromatic N) is 3. The maximum Gasteiger partial charge on any atom is 0.270 e. The van der Waals surface area contributed by atoms with Gasteiger partial charge in [0.05, 0.1) is 11.5 Å². The topological polar surface area (TPSA) is 92.3 Å². The number of hydrogen-bond donors (Lipinski definition) is 1. The molecule has 27 heavy (non-hydrogen) atoms. The van der Waals surface area contributed by atoms with Crippen molar-refractivity contribution in [2.24, 2.45) is 0 Å². The zero-order valence-corrected chi connectivity index (χ0v) is 16.0. The Morgan fingerprint density at radius 2 is 2.07 bits per heavy atom. The first kappa shape index (κ1) is 17.9. The zero-order valence-electron chi connectivity index (χ0n) is 15.2. The molecule has 3 heterocycles. The number of anilines is 2. The van der Waals surface area contributed by atoms with E-state index in [0.717, 1.165) is 25.1 Å². The van der Waals surface area contributed by atoms with Crippen molar-refractivity contribution >= 4 is 27.2 Å². The Kier molecular flexibility index (Phi) is 4.59. The van der Waals surface area contributed by atoms with E-state index in [1.54, 1.807) is 13.0 Å². The molecular formula is C19H22N4O3S. The highest BCUT2D eigenvalue weighted by atomic mass is 32.2. The Hall–Kier alpha value is -2.48. The molecule has 0 saturated carbocycles. The number of sulfone groups is 1. The molecule has 1 saturated heterocycles. The van der Waals surface area contributed by atoms with Crippen molar-refractivity contribution < 1.29 is 13.2 Å². The fourth-order valence-corrected chi connectivity index (χ4v) is 5.42. The van der Waals surface area contributed by atoms with Gasteiger partial charge in [-0.15, -0.1) is 0 Å². The van der Waals surface area contributed by atoms with Gasteiger partial charge in [-0.1, -0.05) is 18.2 Å². The summed E-state index contributed by atoms with van der Waals surface area (Å²) in [5.74, 6) is 0.971. The molecule has 1 aromatic heterocycles. The number of amides is 1. The number of carbonyl (C=O) groups is 1. The van der Waals surface area contributed by atoms with E-state index in [-0.39, 0.29) is 29.1 Å². The van der Waals surface area contributed by atoms with Gasteiger partial charge in [0, 0.05) is 24.3 Å². The summed E-state index contributed by atoms with van der Waals surface area (Å²) in [6, 6.07) is 9.55. The Bertz CT molecular complexity index is 990. The van der Waals surface area contributed by atoms with Gasteiger partial charge in [-0.25, -0.2) is 18.4 Å². The number of fused-ring (bicyclic) bond motifs is 1. The molecule has 2 aromatic rings. The van der Waals surface area contributed by atoms with Gasteiger partial charge in [0.15, 0.2) is 9.84 Å². The predicted octanol–water partition coefficient (Wildman–Crippen LogP) is 1.79. The van der Waals surface area contributed by atoms with E-state index in [9.17, 15) is 13.2 Å². The van der Waals surface area contributed by atoms with Crippen LogP contribution < -0.4 is 10.2 Å². The first-order chi connectivity index (χ1) is 12.9. The van der Waals surface area contributed by atoms with Crippen molar-refractivity contribution in [1.29, 1.82) is 0 Å². The van der Waals surface area contributed by atoms with E-state index in [2.05, 4.69) is 32.3 Å². The Labute approximate surface area is 158 Å². The van der Waals surface area contributed by atoms with E-state index in [0.29, 0.717) is 18.1 Å². The molecule has 1 fully saturated rings. The number of nitrogens with one attached hydrogen (secondary N) is 1. The third-order valence-corrected chi connectivity index (χ3v) is 6.78. The van der Waals surface area contributed by atoms with Gasteiger partial charge in [-0.3, -0.25) is 4.79 Å². The molecule has 2 aliphatic heterocycles. The van der Waals surface area contributed by atoms with Crippen LogP contribution in [0.15, 0.2) is 30.3 Å². The zero-order chi connectivity index (χ0) is 19.0. The van der Waals surface area contributed by atoms with Crippen LogP contribution >= 0.6 is 0 Å². The number of rotatable bonds is 3. The number of hydrogen-bond acceptors (Lipinski definition) is 6. The molecule has 8 heteroatoms. The lowest BCUT2D eigenvalue weighted by Crippen LogP contribution is -2.36. The summed E-state index contributed by atoms with van der Waals surface area (Å²) in [7, 11) is -3.05. The van der Waals surface area contributed by atoms with E-state index in [1.165, 1.54) is 5.56 Å². The summed E-state index contributed by atoms with van der Waals surface area (Å²) < 4.78 is 23.2. The van der Waals surface area contributed by atoms with Crippen LogP contribution in [0.2, 0.25) is 0 Å². The molecule has 1 N–H and O–H groups in total. The van der Waals surface area contributed by atoms with Gasteiger partial charge in [0.25, 0.3) is 5.91 Å². The molecule has 1 unspecified atom stereocenters. The molecule has 1 amide bonds. The highest BCUT2D eigenvalue weighted by molar-refractivity contribution is 7.91. The molecule has 0 bridgehead atoms. The Morgan fingerprint density at radius 1 is 1.26 bits per heavy atom. The third kappa shape index (κ3) is 3.80. The van der Waals surface area contributed by atoms with Gasteiger partial charge >= 0.3 is 0 Å². The highest BCUT2D eigenvalue weighted by Gasteiger charge is 2.30. The summed E-state index contributed by atoms with van der Waals surface area (Å²) in [6.07, 6.45) is 2.49. The molecule has 7 nitrogen and oxygen atoms in total. The lowest BCUT2D eigenvalue weighted by atomic mass is 10.0. The van der Waals surface area contributed by atoms with Crippen LogP contribution in [0.1, 0.15) is 34.7 Å². The lowest BCUT2D eigenvalue weighted by Gasteiger charge is -2.30. The molecule has 0 aliphatic carbocycles. The first-order valence-electron chi connectivity index (χ1n) is 9.14. The molecule has 4 rings (SSSR count). The summed E-state index contributed by atoms with van der Waals surface area (Å²) in [5.41, 5.74) is 2.64. The van der Waals surface area contributed by atoms with Crippen LogP contribution in [-0.2, 0) is 16.3 Å². The molecule has 0 spiro atoms. The molecule has 2 aliphatic rings. The molecule has 1 aromatic carbocycles. The number of aromatic nitrogens is 2. The van der Waals surface area contributed by atoms with Crippen molar-refractivity contribution in [3.05, 3.63) is 47.4 Å². The lowest BCUT2D eigenvalue weighted by molar-refractivity contribution is 0.0935. The quantitative estimate of drug-likeness (QED) is 0.865. The minimum absolute atomic E-state index is 0.00480.